The molecule has 26 heavy (non-hydrogen) atoms. The summed E-state index contributed by atoms with van der Waals surface area (Å²) in [7, 11) is 1.77. The fourth-order valence-electron chi connectivity index (χ4n) is 3.12. The third kappa shape index (κ3) is 3.31. The summed E-state index contributed by atoms with van der Waals surface area (Å²) >= 11 is 1.33. The molecule has 0 radical (unpaired) electrons. The van der Waals surface area contributed by atoms with Crippen LogP contribution in [0.25, 0.3) is 10.1 Å². The molecule has 3 rings (SSSR count). The number of carbonyl (C=O) groups is 1. The van der Waals surface area contributed by atoms with Crippen LogP contribution >= 0.6 is 11.5 Å². The van der Waals surface area contributed by atoms with Crippen molar-refractivity contribution in [2.24, 2.45) is 0 Å². The van der Waals surface area contributed by atoms with Gasteiger partial charge in [-0.15, -0.1) is 0 Å². The highest BCUT2D eigenvalue weighted by atomic mass is 32.1. The summed E-state index contributed by atoms with van der Waals surface area (Å²) in [6.45, 7) is 8.73. The van der Waals surface area contributed by atoms with Crippen LogP contribution in [0.5, 0.6) is 0 Å². The van der Waals surface area contributed by atoms with E-state index in [2.05, 4.69) is 18.9 Å². The summed E-state index contributed by atoms with van der Waals surface area (Å²) in [5.74, 6) is -0.0882. The maximum atomic E-state index is 12.7. The van der Waals surface area contributed by atoms with Gasteiger partial charge in [0.2, 0.25) is 5.91 Å². The molecule has 7 heteroatoms. The molecule has 0 aliphatic carbocycles. The Hall–Kier alpha value is -2.41. The van der Waals surface area contributed by atoms with Gasteiger partial charge in [0.25, 0.3) is 5.56 Å². The van der Waals surface area contributed by atoms with Gasteiger partial charge in [-0.2, -0.15) is 5.10 Å². The standard InChI is InChI=1S/C19H24N4O2S/c1-12(2)23-14(4)16(13(3)20-23)10-21(5)18(24)11-22-19(25)15-8-6-7-9-17(15)26-22/h6-9,12H,10-11H2,1-5H3. The van der Waals surface area contributed by atoms with Gasteiger partial charge in [-0.05, 0) is 39.8 Å². The third-order valence-corrected chi connectivity index (χ3v) is 5.68. The Labute approximate surface area is 156 Å². The lowest BCUT2D eigenvalue weighted by Gasteiger charge is -2.18. The summed E-state index contributed by atoms with van der Waals surface area (Å²) < 4.78 is 4.41. The van der Waals surface area contributed by atoms with Gasteiger partial charge < -0.3 is 4.90 Å². The monoisotopic (exact) mass is 372 g/mol. The SMILES string of the molecule is Cc1nn(C(C)C)c(C)c1CN(C)C(=O)Cn1sc2ccccc2c1=O. The van der Waals surface area contributed by atoms with Crippen LogP contribution in [-0.2, 0) is 17.9 Å². The minimum Gasteiger partial charge on any atom is -0.340 e. The van der Waals surface area contributed by atoms with Gasteiger partial charge in [0.05, 0.1) is 15.8 Å². The van der Waals surface area contributed by atoms with Crippen molar-refractivity contribution < 1.29 is 4.79 Å². The number of benzene rings is 1. The summed E-state index contributed by atoms with van der Waals surface area (Å²) in [5, 5.41) is 5.24. The number of aromatic nitrogens is 3. The van der Waals surface area contributed by atoms with Crippen molar-refractivity contribution in [3.8, 4) is 0 Å². The van der Waals surface area contributed by atoms with Crippen molar-refractivity contribution in [3.05, 3.63) is 51.6 Å². The molecule has 3 aromatic rings. The molecule has 0 saturated carbocycles. The Morgan fingerprint density at radius 2 is 1.96 bits per heavy atom. The average Bonchev–Trinajstić information content (AvgIpc) is 3.06. The van der Waals surface area contributed by atoms with E-state index in [-0.39, 0.29) is 24.1 Å². The number of rotatable bonds is 5. The molecule has 6 nitrogen and oxygen atoms in total. The molecule has 0 atom stereocenters. The lowest BCUT2D eigenvalue weighted by atomic mass is 10.2. The zero-order valence-corrected chi connectivity index (χ0v) is 16.6. The number of fused-ring (bicyclic) bond motifs is 1. The number of hydrogen-bond donors (Lipinski definition) is 0. The van der Waals surface area contributed by atoms with Crippen molar-refractivity contribution in [2.45, 2.75) is 46.8 Å². The topological polar surface area (TPSA) is 60.1 Å². The van der Waals surface area contributed by atoms with Crippen molar-refractivity contribution >= 4 is 27.5 Å². The zero-order chi connectivity index (χ0) is 19.0. The van der Waals surface area contributed by atoms with Gasteiger partial charge in [0.1, 0.15) is 6.54 Å². The van der Waals surface area contributed by atoms with Crippen LogP contribution in [0.3, 0.4) is 0 Å². The molecular weight excluding hydrogens is 348 g/mol. The molecule has 1 amide bonds. The van der Waals surface area contributed by atoms with Crippen LogP contribution in [0.1, 0.15) is 36.8 Å². The van der Waals surface area contributed by atoms with Crippen molar-refractivity contribution in [2.75, 3.05) is 7.05 Å². The van der Waals surface area contributed by atoms with Crippen molar-refractivity contribution in [1.82, 2.24) is 18.6 Å². The third-order valence-electron chi connectivity index (χ3n) is 4.62. The Morgan fingerprint density at radius 3 is 2.58 bits per heavy atom. The quantitative estimate of drug-likeness (QED) is 0.691. The van der Waals surface area contributed by atoms with E-state index in [9.17, 15) is 9.59 Å². The predicted molar refractivity (Wildman–Crippen MR) is 105 cm³/mol. The first-order valence-electron chi connectivity index (χ1n) is 8.67. The molecule has 0 bridgehead atoms. The zero-order valence-electron chi connectivity index (χ0n) is 15.8. The molecule has 0 fully saturated rings. The molecule has 1 aromatic carbocycles. The van der Waals surface area contributed by atoms with Gasteiger partial charge in [0.15, 0.2) is 0 Å². The summed E-state index contributed by atoms with van der Waals surface area (Å²) in [6, 6.07) is 7.71. The normalized spacial score (nSPS) is 11.5. The Kier molecular flexibility index (Phi) is 5.00. The molecule has 0 aliphatic heterocycles. The molecule has 0 saturated heterocycles. The molecule has 0 N–H and O–H groups in total. The molecule has 138 valence electrons. The van der Waals surface area contributed by atoms with Crippen LogP contribution in [0, 0.1) is 13.8 Å². The molecular formula is C19H24N4O2S. The second-order valence-electron chi connectivity index (χ2n) is 6.87. The highest BCUT2D eigenvalue weighted by molar-refractivity contribution is 7.13. The molecule has 0 unspecified atom stereocenters. The molecule has 2 heterocycles. The molecule has 2 aromatic heterocycles. The van der Waals surface area contributed by atoms with E-state index in [1.165, 1.54) is 15.5 Å². The number of hydrogen-bond acceptors (Lipinski definition) is 4. The first-order valence-corrected chi connectivity index (χ1v) is 9.44. The summed E-state index contributed by atoms with van der Waals surface area (Å²) in [5.41, 5.74) is 2.98. The van der Waals surface area contributed by atoms with E-state index in [4.69, 9.17) is 0 Å². The number of amides is 1. The minimum absolute atomic E-state index is 0.0606. The minimum atomic E-state index is -0.104. The molecule has 0 spiro atoms. The maximum absolute atomic E-state index is 12.7. The van der Waals surface area contributed by atoms with Crippen LogP contribution < -0.4 is 5.56 Å². The van der Waals surface area contributed by atoms with E-state index >= 15 is 0 Å². The van der Waals surface area contributed by atoms with Crippen molar-refractivity contribution in [1.29, 1.82) is 0 Å². The van der Waals surface area contributed by atoms with Crippen LogP contribution in [-0.4, -0.2) is 31.6 Å². The van der Waals surface area contributed by atoms with Crippen LogP contribution in [0.15, 0.2) is 29.1 Å². The largest absolute Gasteiger partial charge is 0.340 e. The maximum Gasteiger partial charge on any atom is 0.268 e. The van der Waals surface area contributed by atoms with E-state index in [0.717, 1.165) is 21.7 Å². The highest BCUT2D eigenvalue weighted by Crippen LogP contribution is 2.19. The first-order chi connectivity index (χ1) is 12.3. The predicted octanol–water partition coefficient (Wildman–Crippen LogP) is 3.12. The number of aryl methyl sites for hydroxylation is 1. The van der Waals surface area contributed by atoms with E-state index in [0.29, 0.717) is 11.9 Å². The second kappa shape index (κ2) is 7.07. The Balaban J connectivity index is 1.78. The summed E-state index contributed by atoms with van der Waals surface area (Å²) in [4.78, 5) is 26.7. The van der Waals surface area contributed by atoms with E-state index in [1.807, 2.05) is 36.7 Å². The highest BCUT2D eigenvalue weighted by Gasteiger charge is 2.19. The fraction of sp³-hybridized carbons (Fsp3) is 0.421. The van der Waals surface area contributed by atoms with Gasteiger partial charge >= 0.3 is 0 Å². The fourth-order valence-corrected chi connectivity index (χ4v) is 4.11. The molecule has 0 aliphatic rings. The van der Waals surface area contributed by atoms with Crippen molar-refractivity contribution in [3.63, 3.8) is 0 Å². The van der Waals surface area contributed by atoms with Crippen LogP contribution in [0.2, 0.25) is 0 Å². The van der Waals surface area contributed by atoms with E-state index in [1.54, 1.807) is 18.0 Å². The van der Waals surface area contributed by atoms with Gasteiger partial charge in [-0.25, -0.2) is 0 Å². The van der Waals surface area contributed by atoms with E-state index < -0.39 is 0 Å². The van der Waals surface area contributed by atoms with Gasteiger partial charge in [0, 0.05) is 30.9 Å². The first kappa shape index (κ1) is 18.4. The number of likely N-dealkylation sites (N-methyl/N-ethyl adjacent to an activating group) is 1. The average molecular weight is 372 g/mol. The van der Waals surface area contributed by atoms with Gasteiger partial charge in [-0.1, -0.05) is 23.7 Å². The number of carbonyl (C=O) groups excluding carboxylic acids is 1. The smallest absolute Gasteiger partial charge is 0.268 e. The lowest BCUT2D eigenvalue weighted by molar-refractivity contribution is -0.130. The summed E-state index contributed by atoms with van der Waals surface area (Å²) in [6.07, 6.45) is 0. The number of nitrogens with zero attached hydrogens (tertiary/aromatic N) is 4. The second-order valence-corrected chi connectivity index (χ2v) is 7.93. The van der Waals surface area contributed by atoms with Crippen LogP contribution in [0.4, 0.5) is 0 Å². The van der Waals surface area contributed by atoms with Gasteiger partial charge in [-0.3, -0.25) is 18.2 Å². The Morgan fingerprint density at radius 1 is 1.27 bits per heavy atom. The lowest BCUT2D eigenvalue weighted by Crippen LogP contribution is -2.32. The Bertz CT molecular complexity index is 1010.